The van der Waals surface area contributed by atoms with Crippen molar-refractivity contribution in [2.45, 2.75) is 13.0 Å². The third-order valence-corrected chi connectivity index (χ3v) is 2.78. The van der Waals surface area contributed by atoms with Gasteiger partial charge in [-0.2, -0.15) is 0 Å². The highest BCUT2D eigenvalue weighted by Gasteiger charge is 2.05. The van der Waals surface area contributed by atoms with Gasteiger partial charge < -0.3 is 14.6 Å². The summed E-state index contributed by atoms with van der Waals surface area (Å²) in [7, 11) is 0. The number of nitrogens with one attached hydrogen (secondary N) is 1. The number of halogens is 1. The summed E-state index contributed by atoms with van der Waals surface area (Å²) in [5, 5.41) is 2.74. The standard InChI is InChI=1S/C15H17FN2O2/c16-13-6-1-2-7-14(13)20-12-15(19)17-8-5-11-18-9-3-4-10-18/h1-4,6-7,9-10H,5,8,11-12H2,(H,17,19). The van der Waals surface area contributed by atoms with Gasteiger partial charge in [0.15, 0.2) is 18.2 Å². The van der Waals surface area contributed by atoms with Crippen molar-refractivity contribution < 1.29 is 13.9 Å². The first kappa shape index (κ1) is 14.1. The van der Waals surface area contributed by atoms with E-state index in [1.807, 2.05) is 29.1 Å². The van der Waals surface area contributed by atoms with Gasteiger partial charge in [0.1, 0.15) is 0 Å². The maximum absolute atomic E-state index is 13.2. The van der Waals surface area contributed by atoms with Crippen LogP contribution in [0.4, 0.5) is 4.39 Å². The Balaban J connectivity index is 1.62. The van der Waals surface area contributed by atoms with E-state index in [-0.39, 0.29) is 18.3 Å². The second-order valence-corrected chi connectivity index (χ2v) is 4.34. The average molecular weight is 276 g/mol. The van der Waals surface area contributed by atoms with Gasteiger partial charge in [0.2, 0.25) is 0 Å². The van der Waals surface area contributed by atoms with Crippen LogP contribution in [0.3, 0.4) is 0 Å². The van der Waals surface area contributed by atoms with Crippen molar-refractivity contribution in [2.75, 3.05) is 13.2 Å². The van der Waals surface area contributed by atoms with Gasteiger partial charge in [-0.15, -0.1) is 0 Å². The Bertz CT molecular complexity index is 541. The van der Waals surface area contributed by atoms with Crippen molar-refractivity contribution in [1.29, 1.82) is 0 Å². The van der Waals surface area contributed by atoms with E-state index in [2.05, 4.69) is 5.32 Å². The molecule has 1 aromatic carbocycles. The minimum Gasteiger partial charge on any atom is -0.481 e. The van der Waals surface area contributed by atoms with Crippen molar-refractivity contribution in [3.8, 4) is 5.75 Å². The molecule has 4 nitrogen and oxygen atoms in total. The van der Waals surface area contributed by atoms with E-state index in [1.54, 1.807) is 12.1 Å². The summed E-state index contributed by atoms with van der Waals surface area (Å²) in [6, 6.07) is 9.94. The van der Waals surface area contributed by atoms with E-state index in [1.165, 1.54) is 12.1 Å². The number of hydrogen-bond acceptors (Lipinski definition) is 2. The van der Waals surface area contributed by atoms with E-state index in [0.29, 0.717) is 6.54 Å². The Morgan fingerprint density at radius 1 is 1.20 bits per heavy atom. The predicted molar refractivity (Wildman–Crippen MR) is 74.0 cm³/mol. The molecule has 0 aliphatic rings. The van der Waals surface area contributed by atoms with Crippen LogP contribution in [0.25, 0.3) is 0 Å². The van der Waals surface area contributed by atoms with Crippen LogP contribution in [-0.2, 0) is 11.3 Å². The number of ether oxygens (including phenoxy) is 1. The van der Waals surface area contributed by atoms with Gasteiger partial charge >= 0.3 is 0 Å². The second-order valence-electron chi connectivity index (χ2n) is 4.34. The molecule has 2 rings (SSSR count). The molecule has 0 spiro atoms. The number of carbonyl (C=O) groups excluding carboxylic acids is 1. The van der Waals surface area contributed by atoms with Gasteiger partial charge in [-0.05, 0) is 30.7 Å². The molecule has 2 aromatic rings. The quantitative estimate of drug-likeness (QED) is 0.788. The van der Waals surface area contributed by atoms with Gasteiger partial charge in [0.05, 0.1) is 0 Å². The maximum Gasteiger partial charge on any atom is 0.257 e. The van der Waals surface area contributed by atoms with Crippen LogP contribution in [0.5, 0.6) is 5.75 Å². The lowest BCUT2D eigenvalue weighted by Gasteiger charge is -2.08. The molecule has 1 N–H and O–H groups in total. The first-order chi connectivity index (χ1) is 9.75. The lowest BCUT2D eigenvalue weighted by atomic mass is 10.3. The smallest absolute Gasteiger partial charge is 0.257 e. The molecule has 1 amide bonds. The molecule has 0 bridgehead atoms. The van der Waals surface area contributed by atoms with E-state index in [9.17, 15) is 9.18 Å². The summed E-state index contributed by atoms with van der Waals surface area (Å²) in [5.41, 5.74) is 0. The summed E-state index contributed by atoms with van der Waals surface area (Å²) in [6.45, 7) is 1.24. The summed E-state index contributed by atoms with van der Waals surface area (Å²) < 4.78 is 20.4. The first-order valence-corrected chi connectivity index (χ1v) is 6.50. The SMILES string of the molecule is O=C(COc1ccccc1F)NCCCn1cccc1. The van der Waals surface area contributed by atoms with Crippen LogP contribution < -0.4 is 10.1 Å². The molecular formula is C15H17FN2O2. The fourth-order valence-electron chi connectivity index (χ4n) is 1.76. The molecule has 106 valence electrons. The fourth-order valence-corrected chi connectivity index (χ4v) is 1.76. The molecule has 0 atom stereocenters. The topological polar surface area (TPSA) is 43.3 Å². The minimum atomic E-state index is -0.465. The van der Waals surface area contributed by atoms with Crippen LogP contribution in [0.2, 0.25) is 0 Å². The third-order valence-electron chi connectivity index (χ3n) is 2.78. The molecule has 0 saturated carbocycles. The zero-order valence-corrected chi connectivity index (χ0v) is 11.1. The third kappa shape index (κ3) is 4.42. The molecule has 20 heavy (non-hydrogen) atoms. The second kappa shape index (κ2) is 7.33. The van der Waals surface area contributed by atoms with E-state index >= 15 is 0 Å². The van der Waals surface area contributed by atoms with Gasteiger partial charge in [-0.1, -0.05) is 12.1 Å². The monoisotopic (exact) mass is 276 g/mol. The Morgan fingerprint density at radius 3 is 2.70 bits per heavy atom. The number of aromatic nitrogens is 1. The fraction of sp³-hybridized carbons (Fsp3) is 0.267. The number of nitrogens with zero attached hydrogens (tertiary/aromatic N) is 1. The van der Waals surface area contributed by atoms with Gasteiger partial charge in [-0.25, -0.2) is 4.39 Å². The maximum atomic E-state index is 13.2. The zero-order chi connectivity index (χ0) is 14.2. The lowest BCUT2D eigenvalue weighted by molar-refractivity contribution is -0.123. The minimum absolute atomic E-state index is 0.0926. The molecule has 0 unspecified atom stereocenters. The van der Waals surface area contributed by atoms with Gasteiger partial charge in [-0.3, -0.25) is 4.79 Å². The summed E-state index contributed by atoms with van der Waals surface area (Å²) >= 11 is 0. The number of para-hydroxylation sites is 1. The lowest BCUT2D eigenvalue weighted by Crippen LogP contribution is -2.30. The molecule has 0 fully saturated rings. The number of hydrogen-bond donors (Lipinski definition) is 1. The van der Waals surface area contributed by atoms with Crippen molar-refractivity contribution in [3.05, 3.63) is 54.6 Å². The number of rotatable bonds is 7. The van der Waals surface area contributed by atoms with Crippen LogP contribution in [0, 0.1) is 5.82 Å². The molecule has 0 radical (unpaired) electrons. The normalized spacial score (nSPS) is 10.2. The molecule has 0 aliphatic heterocycles. The van der Waals surface area contributed by atoms with Gasteiger partial charge in [0.25, 0.3) is 5.91 Å². The first-order valence-electron chi connectivity index (χ1n) is 6.50. The van der Waals surface area contributed by atoms with Crippen LogP contribution in [0.15, 0.2) is 48.8 Å². The summed E-state index contributed by atoms with van der Waals surface area (Å²) in [4.78, 5) is 11.5. The predicted octanol–water partition coefficient (Wildman–Crippen LogP) is 2.21. The van der Waals surface area contributed by atoms with E-state index in [4.69, 9.17) is 4.74 Å². The van der Waals surface area contributed by atoms with Crippen LogP contribution in [-0.4, -0.2) is 23.6 Å². The summed E-state index contributed by atoms with van der Waals surface area (Å²) in [5.74, 6) is -0.622. The van der Waals surface area contributed by atoms with Crippen molar-refractivity contribution in [2.24, 2.45) is 0 Å². The molecule has 1 aromatic heterocycles. The van der Waals surface area contributed by atoms with Crippen molar-refractivity contribution in [3.63, 3.8) is 0 Å². The molecule has 5 heteroatoms. The van der Waals surface area contributed by atoms with Crippen molar-refractivity contribution >= 4 is 5.91 Å². The number of aryl methyl sites for hydroxylation is 1. The highest BCUT2D eigenvalue weighted by atomic mass is 19.1. The Morgan fingerprint density at radius 2 is 1.95 bits per heavy atom. The highest BCUT2D eigenvalue weighted by Crippen LogP contribution is 2.14. The summed E-state index contributed by atoms with van der Waals surface area (Å²) in [6.07, 6.45) is 4.78. The average Bonchev–Trinajstić information content (AvgIpc) is 2.96. The van der Waals surface area contributed by atoms with E-state index in [0.717, 1.165) is 13.0 Å². The Kier molecular flexibility index (Phi) is 5.17. The number of amides is 1. The Labute approximate surface area is 117 Å². The van der Waals surface area contributed by atoms with Crippen molar-refractivity contribution in [1.82, 2.24) is 9.88 Å². The largest absolute Gasteiger partial charge is 0.481 e. The molecule has 0 saturated heterocycles. The van der Waals surface area contributed by atoms with Crippen LogP contribution >= 0.6 is 0 Å². The van der Waals surface area contributed by atoms with E-state index < -0.39 is 5.82 Å². The molecule has 1 heterocycles. The Hall–Kier alpha value is -2.30. The molecular weight excluding hydrogens is 259 g/mol. The van der Waals surface area contributed by atoms with Crippen LogP contribution in [0.1, 0.15) is 6.42 Å². The zero-order valence-electron chi connectivity index (χ0n) is 11.1. The molecule has 0 aliphatic carbocycles. The highest BCUT2D eigenvalue weighted by molar-refractivity contribution is 5.77. The van der Waals surface area contributed by atoms with Gasteiger partial charge in [0, 0.05) is 25.5 Å². The number of carbonyl (C=O) groups is 1. The number of benzene rings is 1.